The van der Waals surface area contributed by atoms with Crippen molar-refractivity contribution < 1.29 is 4.79 Å². The average molecular weight is 456 g/mol. The monoisotopic (exact) mass is 454 g/mol. The highest BCUT2D eigenvalue weighted by atomic mass is 35.5. The van der Waals surface area contributed by atoms with Crippen molar-refractivity contribution in [3.8, 4) is 0 Å². The van der Waals surface area contributed by atoms with Crippen molar-refractivity contribution in [3.05, 3.63) is 74.5 Å². The normalized spacial score (nSPS) is 12.0. The summed E-state index contributed by atoms with van der Waals surface area (Å²) in [6.45, 7) is 1.85. The van der Waals surface area contributed by atoms with Crippen LogP contribution in [0.5, 0.6) is 0 Å². The van der Waals surface area contributed by atoms with Crippen LogP contribution in [-0.4, -0.2) is 20.7 Å². The van der Waals surface area contributed by atoms with Gasteiger partial charge in [-0.3, -0.25) is 4.79 Å². The zero-order valence-electron chi connectivity index (χ0n) is 15.1. The molecule has 5 nitrogen and oxygen atoms in total. The van der Waals surface area contributed by atoms with E-state index in [1.54, 1.807) is 12.1 Å². The standard InChI is InChI=1S/C19H17Cl3N4OS/c1-11(23-18(27)12-7-8-15(21)16(22)9-12)17-24-25-19(26(17)2)28-10-13-5-3-4-6-14(13)20/h3-9,11H,10H2,1-2H3,(H,23,27)/t11-/m1/s1. The lowest BCUT2D eigenvalue weighted by Gasteiger charge is -2.14. The zero-order valence-corrected chi connectivity index (χ0v) is 18.2. The number of hydrogen-bond donors (Lipinski definition) is 1. The van der Waals surface area contributed by atoms with Crippen LogP contribution in [0.3, 0.4) is 0 Å². The summed E-state index contributed by atoms with van der Waals surface area (Å²) in [5, 5.41) is 13.6. The summed E-state index contributed by atoms with van der Waals surface area (Å²) in [6.07, 6.45) is 0. The molecule has 0 spiro atoms. The van der Waals surface area contributed by atoms with Crippen LogP contribution in [0, 0.1) is 0 Å². The maximum atomic E-state index is 12.5. The van der Waals surface area contributed by atoms with Crippen molar-refractivity contribution in [2.75, 3.05) is 0 Å². The molecule has 1 N–H and O–H groups in total. The highest BCUT2D eigenvalue weighted by molar-refractivity contribution is 7.98. The van der Waals surface area contributed by atoms with E-state index in [1.165, 1.54) is 17.8 Å². The molecule has 0 aliphatic rings. The van der Waals surface area contributed by atoms with Gasteiger partial charge in [0.2, 0.25) is 0 Å². The Hall–Kier alpha value is -1.73. The number of carbonyl (C=O) groups excluding carboxylic acids is 1. The van der Waals surface area contributed by atoms with Gasteiger partial charge in [0.25, 0.3) is 5.91 Å². The van der Waals surface area contributed by atoms with E-state index in [0.29, 0.717) is 27.2 Å². The summed E-state index contributed by atoms with van der Waals surface area (Å²) in [6, 6.07) is 12.1. The molecule has 1 atom stereocenters. The molecule has 0 unspecified atom stereocenters. The Morgan fingerprint density at radius 1 is 1.11 bits per heavy atom. The molecular weight excluding hydrogens is 439 g/mol. The second kappa shape index (κ2) is 9.18. The first-order chi connectivity index (χ1) is 13.4. The van der Waals surface area contributed by atoms with Crippen molar-refractivity contribution in [3.63, 3.8) is 0 Å². The molecule has 0 radical (unpaired) electrons. The number of rotatable bonds is 6. The Balaban J connectivity index is 1.67. The van der Waals surface area contributed by atoms with Crippen LogP contribution < -0.4 is 5.32 Å². The Labute approximate surface area is 182 Å². The fourth-order valence-electron chi connectivity index (χ4n) is 2.57. The first kappa shape index (κ1) is 21.0. The van der Waals surface area contributed by atoms with Gasteiger partial charge in [0.05, 0.1) is 16.1 Å². The summed E-state index contributed by atoms with van der Waals surface area (Å²) in [7, 11) is 1.87. The molecule has 0 bridgehead atoms. The van der Waals surface area contributed by atoms with Crippen LogP contribution in [0.4, 0.5) is 0 Å². The first-order valence-corrected chi connectivity index (χ1v) is 10.5. The molecule has 1 heterocycles. The summed E-state index contributed by atoms with van der Waals surface area (Å²) in [5.41, 5.74) is 1.46. The largest absolute Gasteiger partial charge is 0.342 e. The van der Waals surface area contributed by atoms with E-state index in [-0.39, 0.29) is 11.9 Å². The van der Waals surface area contributed by atoms with Crippen LogP contribution in [0.2, 0.25) is 15.1 Å². The molecular formula is C19H17Cl3N4OS. The summed E-state index contributed by atoms with van der Waals surface area (Å²) >= 11 is 19.6. The number of aromatic nitrogens is 3. The second-order valence-electron chi connectivity index (χ2n) is 6.10. The molecule has 0 saturated heterocycles. The van der Waals surface area contributed by atoms with Gasteiger partial charge >= 0.3 is 0 Å². The fraction of sp³-hybridized carbons (Fsp3) is 0.211. The van der Waals surface area contributed by atoms with Crippen LogP contribution >= 0.6 is 46.6 Å². The SMILES string of the molecule is C[C@@H](NC(=O)c1ccc(Cl)c(Cl)c1)c1nnc(SCc2ccccc2Cl)n1C. The quantitative estimate of drug-likeness (QED) is 0.494. The van der Waals surface area contributed by atoms with Crippen molar-refractivity contribution in [1.82, 2.24) is 20.1 Å². The molecule has 3 rings (SSSR count). The van der Waals surface area contributed by atoms with Gasteiger partial charge < -0.3 is 9.88 Å². The fourth-order valence-corrected chi connectivity index (χ4v) is 4.07. The van der Waals surface area contributed by atoms with Crippen molar-refractivity contribution in [2.45, 2.75) is 23.9 Å². The Kier molecular flexibility index (Phi) is 6.88. The Morgan fingerprint density at radius 2 is 1.86 bits per heavy atom. The van der Waals surface area contributed by atoms with E-state index in [9.17, 15) is 4.79 Å². The van der Waals surface area contributed by atoms with E-state index in [4.69, 9.17) is 34.8 Å². The number of benzene rings is 2. The van der Waals surface area contributed by atoms with Crippen LogP contribution in [0.15, 0.2) is 47.6 Å². The van der Waals surface area contributed by atoms with E-state index in [1.807, 2.05) is 42.8 Å². The maximum absolute atomic E-state index is 12.5. The topological polar surface area (TPSA) is 59.8 Å². The number of halogens is 3. The lowest BCUT2D eigenvalue weighted by atomic mass is 10.2. The molecule has 2 aromatic carbocycles. The minimum absolute atomic E-state index is 0.265. The summed E-state index contributed by atoms with van der Waals surface area (Å²) in [4.78, 5) is 12.5. The molecule has 9 heteroatoms. The molecule has 0 aliphatic carbocycles. The molecule has 0 fully saturated rings. The molecule has 1 aromatic heterocycles. The van der Waals surface area contributed by atoms with Crippen LogP contribution in [0.1, 0.15) is 34.7 Å². The Bertz CT molecular complexity index is 1010. The smallest absolute Gasteiger partial charge is 0.251 e. The van der Waals surface area contributed by atoms with Gasteiger partial charge in [-0.15, -0.1) is 10.2 Å². The lowest BCUT2D eigenvalue weighted by Crippen LogP contribution is -2.28. The van der Waals surface area contributed by atoms with Crippen molar-refractivity contribution in [1.29, 1.82) is 0 Å². The molecule has 28 heavy (non-hydrogen) atoms. The second-order valence-corrected chi connectivity index (χ2v) is 8.27. The number of amides is 1. The molecule has 1 amide bonds. The van der Waals surface area contributed by atoms with Gasteiger partial charge in [0.15, 0.2) is 11.0 Å². The minimum Gasteiger partial charge on any atom is -0.342 e. The molecule has 0 saturated carbocycles. The minimum atomic E-state index is -0.339. The van der Waals surface area contributed by atoms with Gasteiger partial charge in [0, 0.05) is 23.4 Å². The zero-order chi connectivity index (χ0) is 20.3. The van der Waals surface area contributed by atoms with Gasteiger partial charge in [-0.25, -0.2) is 0 Å². The molecule has 3 aromatic rings. The number of nitrogens with zero attached hydrogens (tertiary/aromatic N) is 3. The number of carbonyl (C=O) groups is 1. The predicted octanol–water partition coefficient (Wildman–Crippen LogP) is 5.56. The van der Waals surface area contributed by atoms with Gasteiger partial charge in [-0.1, -0.05) is 64.8 Å². The van der Waals surface area contributed by atoms with E-state index in [0.717, 1.165) is 15.7 Å². The molecule has 146 valence electrons. The first-order valence-electron chi connectivity index (χ1n) is 8.38. The van der Waals surface area contributed by atoms with Crippen molar-refractivity contribution in [2.24, 2.45) is 7.05 Å². The van der Waals surface area contributed by atoms with E-state index < -0.39 is 0 Å². The Morgan fingerprint density at radius 3 is 2.57 bits per heavy atom. The molecule has 0 aliphatic heterocycles. The third-order valence-electron chi connectivity index (χ3n) is 4.10. The van der Waals surface area contributed by atoms with Gasteiger partial charge in [0.1, 0.15) is 0 Å². The average Bonchev–Trinajstić information content (AvgIpc) is 3.04. The number of nitrogens with one attached hydrogen (secondary N) is 1. The third kappa shape index (κ3) is 4.81. The van der Waals surface area contributed by atoms with Gasteiger partial charge in [-0.05, 0) is 36.8 Å². The summed E-state index contributed by atoms with van der Waals surface area (Å²) in [5.74, 6) is 1.06. The number of thioether (sulfide) groups is 1. The highest BCUT2D eigenvalue weighted by Gasteiger charge is 2.19. The lowest BCUT2D eigenvalue weighted by molar-refractivity contribution is 0.0937. The van der Waals surface area contributed by atoms with Crippen molar-refractivity contribution >= 4 is 52.5 Å². The van der Waals surface area contributed by atoms with E-state index >= 15 is 0 Å². The van der Waals surface area contributed by atoms with Crippen LogP contribution in [0.25, 0.3) is 0 Å². The predicted molar refractivity (Wildman–Crippen MR) is 114 cm³/mol. The highest BCUT2D eigenvalue weighted by Crippen LogP contribution is 2.27. The van der Waals surface area contributed by atoms with Gasteiger partial charge in [-0.2, -0.15) is 0 Å². The summed E-state index contributed by atoms with van der Waals surface area (Å²) < 4.78 is 1.86. The van der Waals surface area contributed by atoms with Crippen LogP contribution in [-0.2, 0) is 12.8 Å². The number of hydrogen-bond acceptors (Lipinski definition) is 4. The maximum Gasteiger partial charge on any atom is 0.251 e. The third-order valence-corrected chi connectivity index (χ3v) is 6.28. The van der Waals surface area contributed by atoms with E-state index in [2.05, 4.69) is 15.5 Å².